The molecule has 1 aromatic heterocycles. The number of halogens is 1. The number of ether oxygens (including phenoxy) is 2. The second kappa shape index (κ2) is 10.3. The Labute approximate surface area is 229 Å². The van der Waals surface area contributed by atoms with E-state index in [4.69, 9.17) is 9.47 Å². The largest absolute Gasteiger partial charge is 0.444 e. The first-order valence-electron chi connectivity index (χ1n) is 13.0. The van der Waals surface area contributed by atoms with Gasteiger partial charge in [-0.05, 0) is 62.7 Å². The first kappa shape index (κ1) is 27.2. The number of hydrogen-bond acceptors (Lipinski definition) is 6. The van der Waals surface area contributed by atoms with Gasteiger partial charge in [0.15, 0.2) is 0 Å². The van der Waals surface area contributed by atoms with Crippen molar-refractivity contribution in [2.45, 2.75) is 37.8 Å². The number of aromatic nitrogens is 1. The van der Waals surface area contributed by atoms with Crippen molar-refractivity contribution in [1.29, 1.82) is 0 Å². The Kier molecular flexibility index (Phi) is 7.19. The van der Waals surface area contributed by atoms with Crippen LogP contribution in [0.1, 0.15) is 26.3 Å². The predicted octanol–water partition coefficient (Wildman–Crippen LogP) is 4.98. The van der Waals surface area contributed by atoms with Crippen molar-refractivity contribution in [3.8, 4) is 11.3 Å². The number of nitrogens with zero attached hydrogens (tertiary/aromatic N) is 3. The molecule has 2 fully saturated rings. The average molecular weight is 556 g/mol. The molecule has 2 aliphatic heterocycles. The van der Waals surface area contributed by atoms with Crippen molar-refractivity contribution in [1.82, 2.24) is 8.87 Å². The fraction of sp³-hybridized carbons (Fsp3) is 0.414. The summed E-state index contributed by atoms with van der Waals surface area (Å²) in [7, 11) is -2.53. The summed E-state index contributed by atoms with van der Waals surface area (Å²) >= 11 is 0. The van der Waals surface area contributed by atoms with E-state index >= 15 is 0 Å². The van der Waals surface area contributed by atoms with E-state index < -0.39 is 27.5 Å². The van der Waals surface area contributed by atoms with Crippen molar-refractivity contribution in [3.63, 3.8) is 0 Å². The molecule has 2 atom stereocenters. The van der Waals surface area contributed by atoms with Gasteiger partial charge >= 0.3 is 6.09 Å². The molecule has 208 valence electrons. The fourth-order valence-electron chi connectivity index (χ4n) is 5.18. The van der Waals surface area contributed by atoms with Gasteiger partial charge in [0.05, 0.1) is 30.3 Å². The lowest BCUT2D eigenvalue weighted by Gasteiger charge is -2.24. The number of benzene rings is 2. The van der Waals surface area contributed by atoms with E-state index in [2.05, 4.69) is 4.90 Å². The number of fused-ring (bicyclic) bond motifs is 1. The fourth-order valence-corrected chi connectivity index (χ4v) is 6.61. The van der Waals surface area contributed by atoms with Crippen LogP contribution in [0.5, 0.6) is 0 Å². The van der Waals surface area contributed by atoms with Crippen molar-refractivity contribution in [3.05, 3.63) is 72.2 Å². The third-order valence-corrected chi connectivity index (χ3v) is 8.77. The Morgan fingerprint density at radius 1 is 1.08 bits per heavy atom. The van der Waals surface area contributed by atoms with E-state index in [0.717, 1.165) is 36.0 Å². The molecule has 1 amide bonds. The number of rotatable bonds is 6. The molecule has 0 radical (unpaired) electrons. The van der Waals surface area contributed by atoms with Crippen LogP contribution in [0.3, 0.4) is 0 Å². The first-order chi connectivity index (χ1) is 18.4. The van der Waals surface area contributed by atoms with Gasteiger partial charge in [0.25, 0.3) is 10.0 Å². The van der Waals surface area contributed by atoms with E-state index in [0.29, 0.717) is 17.4 Å². The third-order valence-electron chi connectivity index (χ3n) is 7.10. The molecule has 2 aliphatic rings. The number of hydrogen-bond donors (Lipinski definition) is 0. The van der Waals surface area contributed by atoms with Gasteiger partial charge < -0.3 is 19.3 Å². The highest BCUT2D eigenvalue weighted by Gasteiger charge is 2.37. The van der Waals surface area contributed by atoms with Crippen LogP contribution < -0.4 is 4.90 Å². The molecule has 5 rings (SSSR count). The third kappa shape index (κ3) is 5.67. The minimum absolute atomic E-state index is 0.0809. The molecule has 10 heteroatoms. The van der Waals surface area contributed by atoms with Crippen LogP contribution in [0.15, 0.2) is 65.7 Å². The Hall–Kier alpha value is -3.37. The molecule has 3 heterocycles. The Bertz CT molecular complexity index is 1470. The summed E-state index contributed by atoms with van der Waals surface area (Å²) in [5.74, 6) is 0.359. The van der Waals surface area contributed by atoms with E-state index in [9.17, 15) is 17.6 Å². The molecule has 39 heavy (non-hydrogen) atoms. The molecule has 2 unspecified atom stereocenters. The molecule has 3 aromatic rings. The number of anilines is 1. The highest BCUT2D eigenvalue weighted by atomic mass is 32.2. The summed E-state index contributed by atoms with van der Waals surface area (Å²) in [5, 5.41) is 0. The smallest absolute Gasteiger partial charge is 0.410 e. The zero-order valence-corrected chi connectivity index (χ0v) is 23.4. The van der Waals surface area contributed by atoms with E-state index in [1.54, 1.807) is 70.3 Å². The van der Waals surface area contributed by atoms with Crippen LogP contribution in [0, 0.1) is 17.7 Å². The van der Waals surface area contributed by atoms with Crippen LogP contribution in [-0.4, -0.2) is 62.3 Å². The molecule has 2 saturated heterocycles. The monoisotopic (exact) mass is 555 g/mol. The molecule has 8 nitrogen and oxygen atoms in total. The summed E-state index contributed by atoms with van der Waals surface area (Å²) in [6.45, 7) is 8.50. The molecular formula is C29H34FN3O5S. The second-order valence-electron chi connectivity index (χ2n) is 11.3. The lowest BCUT2D eigenvalue weighted by atomic mass is 10.0. The molecule has 0 bridgehead atoms. The summed E-state index contributed by atoms with van der Waals surface area (Å²) in [5.41, 5.74) is 1.00. The maximum Gasteiger partial charge on any atom is 0.410 e. The maximum atomic E-state index is 14.9. The maximum absolute atomic E-state index is 14.9. The van der Waals surface area contributed by atoms with Gasteiger partial charge in [-0.15, -0.1) is 0 Å². The van der Waals surface area contributed by atoms with E-state index in [-0.39, 0.29) is 22.7 Å². The molecular weight excluding hydrogens is 521 g/mol. The Morgan fingerprint density at radius 3 is 2.44 bits per heavy atom. The first-order valence-corrected chi connectivity index (χ1v) is 14.4. The number of carbonyl (C=O) groups excluding carboxylic acids is 1. The zero-order valence-electron chi connectivity index (χ0n) is 22.6. The average Bonchev–Trinajstić information content (AvgIpc) is 3.59. The van der Waals surface area contributed by atoms with Gasteiger partial charge in [-0.3, -0.25) is 0 Å². The van der Waals surface area contributed by atoms with E-state index in [1.807, 2.05) is 6.07 Å². The SMILES string of the molecule is CN(Cc1cc(-c2ccccc2F)n(S(=O)(=O)c2cccc(N3CC4COCC4C3)c2)c1)C(=O)OC(C)(C)C. The zero-order chi connectivity index (χ0) is 27.9. The minimum Gasteiger partial charge on any atom is -0.444 e. The molecule has 2 aromatic carbocycles. The highest BCUT2D eigenvalue weighted by Crippen LogP contribution is 2.35. The van der Waals surface area contributed by atoms with Gasteiger partial charge in [0, 0.05) is 49.4 Å². The topological polar surface area (TPSA) is 81.1 Å². The minimum atomic E-state index is -4.11. The Morgan fingerprint density at radius 2 is 1.77 bits per heavy atom. The predicted molar refractivity (Wildman–Crippen MR) is 147 cm³/mol. The van der Waals surface area contributed by atoms with Crippen molar-refractivity contribution >= 4 is 21.8 Å². The van der Waals surface area contributed by atoms with Crippen molar-refractivity contribution in [2.75, 3.05) is 38.3 Å². The van der Waals surface area contributed by atoms with Crippen molar-refractivity contribution in [2.24, 2.45) is 11.8 Å². The molecule has 0 N–H and O–H groups in total. The summed E-state index contributed by atoms with van der Waals surface area (Å²) in [6.07, 6.45) is 0.904. The van der Waals surface area contributed by atoms with Crippen LogP contribution in [-0.2, 0) is 26.0 Å². The van der Waals surface area contributed by atoms with Crippen LogP contribution >= 0.6 is 0 Å². The molecule has 0 spiro atoms. The summed E-state index contributed by atoms with van der Waals surface area (Å²) in [6, 6.07) is 14.5. The summed E-state index contributed by atoms with van der Waals surface area (Å²) in [4.78, 5) is 16.2. The lowest BCUT2D eigenvalue weighted by molar-refractivity contribution is 0.0285. The summed E-state index contributed by atoms with van der Waals surface area (Å²) < 4.78 is 55.1. The second-order valence-corrected chi connectivity index (χ2v) is 13.1. The van der Waals surface area contributed by atoms with Gasteiger partial charge in [-0.1, -0.05) is 18.2 Å². The number of carbonyl (C=O) groups is 1. The Balaban J connectivity index is 1.50. The normalized spacial score (nSPS) is 19.3. The van der Waals surface area contributed by atoms with Gasteiger partial charge in [0.1, 0.15) is 11.4 Å². The number of amides is 1. The highest BCUT2D eigenvalue weighted by molar-refractivity contribution is 7.90. The van der Waals surface area contributed by atoms with Crippen LogP contribution in [0.2, 0.25) is 0 Å². The van der Waals surface area contributed by atoms with E-state index in [1.165, 1.54) is 17.2 Å². The van der Waals surface area contributed by atoms with Gasteiger partial charge in [0.2, 0.25) is 0 Å². The molecule has 0 aliphatic carbocycles. The van der Waals surface area contributed by atoms with Crippen LogP contribution in [0.4, 0.5) is 14.9 Å². The lowest BCUT2D eigenvalue weighted by Crippen LogP contribution is -2.33. The van der Waals surface area contributed by atoms with Gasteiger partial charge in [-0.25, -0.2) is 21.6 Å². The van der Waals surface area contributed by atoms with Gasteiger partial charge in [-0.2, -0.15) is 0 Å². The van der Waals surface area contributed by atoms with Crippen molar-refractivity contribution < 1.29 is 27.1 Å². The molecule has 0 saturated carbocycles. The standard InChI is InChI=1S/C29H34FN3O5S/c1-29(2,3)38-28(34)31(4)14-20-12-27(25-10-5-6-11-26(25)30)33(15-20)39(35,36)24-9-7-8-23(13-24)32-16-21-18-37-19-22(21)17-32/h5-13,15,21-22H,14,16-19H2,1-4H3. The van der Waals surface area contributed by atoms with Crippen LogP contribution in [0.25, 0.3) is 11.3 Å². The quantitative estimate of drug-likeness (QED) is 0.427.